The van der Waals surface area contributed by atoms with Crippen LogP contribution in [0.3, 0.4) is 0 Å². The van der Waals surface area contributed by atoms with Crippen LogP contribution in [0.25, 0.3) is 0 Å². The highest BCUT2D eigenvalue weighted by Gasteiger charge is 2.14. The molecular formula is C20H21NO6. The molecule has 0 saturated carbocycles. The molecule has 0 unspecified atom stereocenters. The van der Waals surface area contributed by atoms with Crippen LogP contribution in [-0.4, -0.2) is 23.5 Å². The Hall–Kier alpha value is -3.22. The van der Waals surface area contributed by atoms with Gasteiger partial charge in [-0.15, -0.1) is 0 Å². The van der Waals surface area contributed by atoms with Gasteiger partial charge in [-0.1, -0.05) is 19.9 Å². The topological polar surface area (TPSA) is 95.7 Å². The summed E-state index contributed by atoms with van der Waals surface area (Å²) in [4.78, 5) is 34.4. The minimum atomic E-state index is -0.668. The molecule has 27 heavy (non-hydrogen) atoms. The number of nitro groups is 1. The van der Waals surface area contributed by atoms with Crippen molar-refractivity contribution in [2.45, 2.75) is 26.7 Å². The average Bonchev–Trinajstić information content (AvgIpc) is 2.65. The molecule has 0 saturated heterocycles. The van der Waals surface area contributed by atoms with Crippen LogP contribution in [0.1, 0.15) is 47.4 Å². The van der Waals surface area contributed by atoms with Gasteiger partial charge in [-0.3, -0.25) is 10.1 Å². The minimum absolute atomic E-state index is 0.1000. The normalized spacial score (nSPS) is 10.5. The molecule has 0 N–H and O–H groups in total. The van der Waals surface area contributed by atoms with E-state index in [1.165, 1.54) is 36.4 Å². The standard InChI is InChI=1S/C20H21NO6/c1-14(2)5-4-12-26-19(22)15-6-3-7-16(13-15)20(23)27-18-10-8-17(9-11-18)21(24)25/h3,6-11,13-14H,4-5,12H2,1-2H3. The lowest BCUT2D eigenvalue weighted by molar-refractivity contribution is -0.384. The zero-order chi connectivity index (χ0) is 19.8. The van der Waals surface area contributed by atoms with Gasteiger partial charge >= 0.3 is 11.9 Å². The highest BCUT2D eigenvalue weighted by Crippen LogP contribution is 2.19. The van der Waals surface area contributed by atoms with Gasteiger partial charge in [-0.2, -0.15) is 0 Å². The molecular weight excluding hydrogens is 350 g/mol. The predicted molar refractivity (Wildman–Crippen MR) is 98.9 cm³/mol. The van der Waals surface area contributed by atoms with E-state index in [0.29, 0.717) is 12.5 Å². The van der Waals surface area contributed by atoms with Gasteiger partial charge in [0.05, 0.1) is 22.7 Å². The first-order valence-corrected chi connectivity index (χ1v) is 8.60. The number of benzene rings is 2. The Morgan fingerprint density at radius 1 is 1.04 bits per heavy atom. The van der Waals surface area contributed by atoms with Crippen molar-refractivity contribution in [3.8, 4) is 5.75 Å². The van der Waals surface area contributed by atoms with E-state index in [4.69, 9.17) is 9.47 Å². The van der Waals surface area contributed by atoms with E-state index in [9.17, 15) is 19.7 Å². The Bertz CT molecular complexity index is 813. The summed E-state index contributed by atoms with van der Waals surface area (Å²) in [5.74, 6) is -0.449. The van der Waals surface area contributed by atoms with Crippen LogP contribution < -0.4 is 4.74 Å². The highest BCUT2D eigenvalue weighted by atomic mass is 16.6. The van der Waals surface area contributed by atoms with Crippen molar-refractivity contribution in [1.29, 1.82) is 0 Å². The molecule has 2 rings (SSSR count). The first-order valence-electron chi connectivity index (χ1n) is 8.60. The van der Waals surface area contributed by atoms with E-state index in [2.05, 4.69) is 13.8 Å². The molecule has 7 heteroatoms. The fourth-order valence-electron chi connectivity index (χ4n) is 2.31. The van der Waals surface area contributed by atoms with Crippen molar-refractivity contribution in [1.82, 2.24) is 0 Å². The number of rotatable bonds is 8. The summed E-state index contributed by atoms with van der Waals surface area (Å²) in [6, 6.07) is 11.2. The smallest absolute Gasteiger partial charge is 0.343 e. The maximum atomic E-state index is 12.2. The lowest BCUT2D eigenvalue weighted by Gasteiger charge is -2.08. The second-order valence-electron chi connectivity index (χ2n) is 6.39. The Kier molecular flexibility index (Phi) is 7.05. The van der Waals surface area contributed by atoms with Gasteiger partial charge in [0.15, 0.2) is 0 Å². The minimum Gasteiger partial charge on any atom is -0.462 e. The van der Waals surface area contributed by atoms with E-state index in [0.717, 1.165) is 12.8 Å². The number of non-ortho nitro benzene ring substituents is 1. The van der Waals surface area contributed by atoms with E-state index < -0.39 is 16.9 Å². The number of nitrogens with zero attached hydrogens (tertiary/aromatic N) is 1. The van der Waals surface area contributed by atoms with Gasteiger partial charge in [0.25, 0.3) is 5.69 Å². The molecule has 0 heterocycles. The molecule has 7 nitrogen and oxygen atoms in total. The summed E-state index contributed by atoms with van der Waals surface area (Å²) in [5.41, 5.74) is 0.347. The quantitative estimate of drug-likeness (QED) is 0.224. The van der Waals surface area contributed by atoms with Crippen molar-refractivity contribution in [3.05, 3.63) is 69.8 Å². The number of hydrogen-bond acceptors (Lipinski definition) is 6. The van der Waals surface area contributed by atoms with Crippen LogP contribution in [0.15, 0.2) is 48.5 Å². The molecule has 0 aliphatic carbocycles. The summed E-state index contributed by atoms with van der Waals surface area (Å²) >= 11 is 0. The molecule has 0 fully saturated rings. The van der Waals surface area contributed by atoms with Crippen molar-refractivity contribution in [3.63, 3.8) is 0 Å². The van der Waals surface area contributed by atoms with Crippen LogP contribution in [-0.2, 0) is 4.74 Å². The van der Waals surface area contributed by atoms with Gasteiger partial charge in [0.2, 0.25) is 0 Å². The summed E-state index contributed by atoms with van der Waals surface area (Å²) < 4.78 is 10.4. The number of ether oxygens (including phenoxy) is 2. The summed E-state index contributed by atoms with van der Waals surface area (Å²) in [6.45, 7) is 4.53. The predicted octanol–water partition coefficient (Wildman–Crippen LogP) is 4.41. The SMILES string of the molecule is CC(C)CCCOC(=O)c1cccc(C(=O)Oc2ccc([N+](=O)[O-])cc2)c1. The molecule has 0 aromatic heterocycles. The van der Waals surface area contributed by atoms with E-state index in [1.54, 1.807) is 12.1 Å². The fourth-order valence-corrected chi connectivity index (χ4v) is 2.31. The maximum absolute atomic E-state index is 12.2. The fraction of sp³-hybridized carbons (Fsp3) is 0.300. The molecule has 2 aromatic carbocycles. The van der Waals surface area contributed by atoms with E-state index in [-0.39, 0.29) is 22.6 Å². The Morgan fingerprint density at radius 3 is 2.26 bits per heavy atom. The third-order valence-electron chi connectivity index (χ3n) is 3.75. The molecule has 142 valence electrons. The van der Waals surface area contributed by atoms with Gasteiger partial charge in [0, 0.05) is 12.1 Å². The lowest BCUT2D eigenvalue weighted by atomic mass is 10.1. The van der Waals surface area contributed by atoms with Crippen molar-refractivity contribution in [2.24, 2.45) is 5.92 Å². The number of esters is 2. The summed E-state index contributed by atoms with van der Waals surface area (Å²) in [6.07, 6.45) is 1.75. The third kappa shape index (κ3) is 6.22. The second-order valence-corrected chi connectivity index (χ2v) is 6.39. The first kappa shape index (κ1) is 20.1. The lowest BCUT2D eigenvalue weighted by Crippen LogP contribution is -2.11. The summed E-state index contributed by atoms with van der Waals surface area (Å²) in [5, 5.41) is 10.6. The van der Waals surface area contributed by atoms with Gasteiger partial charge in [0.1, 0.15) is 5.75 Å². The second kappa shape index (κ2) is 9.47. The van der Waals surface area contributed by atoms with Crippen LogP contribution in [0.4, 0.5) is 5.69 Å². The molecule has 0 aliphatic heterocycles. The number of nitro benzene ring substituents is 1. The number of hydrogen-bond donors (Lipinski definition) is 0. The van der Waals surface area contributed by atoms with E-state index >= 15 is 0 Å². The molecule has 0 spiro atoms. The van der Waals surface area contributed by atoms with Crippen LogP contribution in [0.2, 0.25) is 0 Å². The molecule has 0 amide bonds. The number of carbonyl (C=O) groups excluding carboxylic acids is 2. The average molecular weight is 371 g/mol. The molecule has 0 atom stereocenters. The van der Waals surface area contributed by atoms with Crippen LogP contribution >= 0.6 is 0 Å². The van der Waals surface area contributed by atoms with E-state index in [1.807, 2.05) is 0 Å². The zero-order valence-corrected chi connectivity index (χ0v) is 15.2. The third-order valence-corrected chi connectivity index (χ3v) is 3.75. The largest absolute Gasteiger partial charge is 0.462 e. The highest BCUT2D eigenvalue weighted by molar-refractivity contribution is 5.96. The Labute approximate surface area is 157 Å². The molecule has 0 radical (unpaired) electrons. The maximum Gasteiger partial charge on any atom is 0.343 e. The molecule has 2 aromatic rings. The van der Waals surface area contributed by atoms with Crippen molar-refractivity contribution < 1.29 is 24.0 Å². The van der Waals surface area contributed by atoms with Gasteiger partial charge in [-0.25, -0.2) is 9.59 Å². The molecule has 0 aliphatic rings. The Balaban J connectivity index is 1.98. The van der Waals surface area contributed by atoms with Crippen LogP contribution in [0, 0.1) is 16.0 Å². The number of carbonyl (C=O) groups is 2. The van der Waals surface area contributed by atoms with Crippen molar-refractivity contribution >= 4 is 17.6 Å². The van der Waals surface area contributed by atoms with Gasteiger partial charge < -0.3 is 9.47 Å². The van der Waals surface area contributed by atoms with Gasteiger partial charge in [-0.05, 0) is 49.1 Å². The Morgan fingerprint density at radius 2 is 1.67 bits per heavy atom. The summed E-state index contributed by atoms with van der Waals surface area (Å²) in [7, 11) is 0. The first-order chi connectivity index (χ1) is 12.9. The zero-order valence-electron chi connectivity index (χ0n) is 15.2. The molecule has 0 bridgehead atoms. The monoisotopic (exact) mass is 371 g/mol. The van der Waals surface area contributed by atoms with Crippen molar-refractivity contribution in [2.75, 3.05) is 6.61 Å². The van der Waals surface area contributed by atoms with Crippen LogP contribution in [0.5, 0.6) is 5.75 Å².